The summed E-state index contributed by atoms with van der Waals surface area (Å²) < 4.78 is 2.39. The maximum atomic E-state index is 2.39. The van der Waals surface area contributed by atoms with E-state index >= 15 is 0 Å². The fraction of sp³-hybridized carbons (Fsp3) is 0.853. The van der Waals surface area contributed by atoms with E-state index in [-0.39, 0.29) is 0 Å². The lowest BCUT2D eigenvalue weighted by Gasteiger charge is -2.04. The number of hydrogen-bond donors (Lipinski definition) is 0. The normalized spacial score (nSPS) is 11.4. The number of aryl methyl sites for hydroxylation is 2. The van der Waals surface area contributed by atoms with Gasteiger partial charge in [-0.1, -0.05) is 155 Å². The Morgan fingerprint density at radius 1 is 0.400 bits per heavy atom. The zero-order chi connectivity index (χ0) is 25.1. The summed E-state index contributed by atoms with van der Waals surface area (Å²) in [5.74, 6) is 0. The van der Waals surface area contributed by atoms with Gasteiger partial charge in [0, 0.05) is 18.6 Å². The van der Waals surface area contributed by atoms with Gasteiger partial charge in [0.2, 0.25) is 0 Å². The summed E-state index contributed by atoms with van der Waals surface area (Å²) in [6, 6.07) is 4.72. The van der Waals surface area contributed by atoms with E-state index in [1.54, 1.807) is 0 Å². The largest absolute Gasteiger partial charge is 0.205 e. The van der Waals surface area contributed by atoms with E-state index in [0.717, 1.165) is 0 Å². The van der Waals surface area contributed by atoms with Gasteiger partial charge in [0.1, 0.15) is 6.54 Å². The van der Waals surface area contributed by atoms with E-state index in [0.29, 0.717) is 0 Å². The highest BCUT2D eigenvalue weighted by Crippen LogP contribution is 2.14. The lowest BCUT2D eigenvalue weighted by Crippen LogP contribution is -2.32. The summed E-state index contributed by atoms with van der Waals surface area (Å²) in [6.45, 7) is 5.79. The van der Waals surface area contributed by atoms with Crippen LogP contribution in [0, 0.1) is 0 Å². The van der Waals surface area contributed by atoms with Gasteiger partial charge in [0.05, 0.1) is 0 Å². The van der Waals surface area contributed by atoms with Crippen molar-refractivity contribution in [3.63, 3.8) is 0 Å². The molecule has 0 aliphatic rings. The first kappa shape index (κ1) is 32.2. The van der Waals surface area contributed by atoms with Gasteiger partial charge in [-0.3, -0.25) is 0 Å². The van der Waals surface area contributed by atoms with Crippen molar-refractivity contribution >= 4 is 0 Å². The molecule has 0 spiro atoms. The van der Waals surface area contributed by atoms with E-state index < -0.39 is 0 Å². The summed E-state index contributed by atoms with van der Waals surface area (Å²) in [5.41, 5.74) is 1.53. The highest BCUT2D eigenvalue weighted by molar-refractivity contribution is 5.07. The van der Waals surface area contributed by atoms with Crippen molar-refractivity contribution in [2.75, 3.05) is 0 Å². The molecule has 0 aliphatic heterocycles. The Bertz CT molecular complexity index is 520. The molecule has 0 saturated carbocycles. The molecule has 0 amide bonds. The van der Waals surface area contributed by atoms with Gasteiger partial charge in [0.25, 0.3) is 0 Å². The number of hydrogen-bond acceptors (Lipinski definition) is 0. The minimum absolute atomic E-state index is 1.19. The van der Waals surface area contributed by atoms with Crippen molar-refractivity contribution in [2.24, 2.45) is 0 Å². The van der Waals surface area contributed by atoms with Crippen LogP contribution in [0.5, 0.6) is 0 Å². The molecule has 0 fully saturated rings. The van der Waals surface area contributed by atoms with Crippen LogP contribution in [0.1, 0.15) is 180 Å². The quantitative estimate of drug-likeness (QED) is 0.0859. The average Bonchev–Trinajstić information content (AvgIpc) is 2.88. The number of aromatic nitrogens is 1. The Labute approximate surface area is 221 Å². The minimum Gasteiger partial charge on any atom is -0.205 e. The highest BCUT2D eigenvalue weighted by atomic mass is 14.9. The third-order valence-corrected chi connectivity index (χ3v) is 7.80. The van der Waals surface area contributed by atoms with Crippen molar-refractivity contribution in [1.82, 2.24) is 0 Å². The number of pyridine rings is 1. The van der Waals surface area contributed by atoms with Crippen molar-refractivity contribution in [3.05, 3.63) is 30.1 Å². The first-order valence-electron chi connectivity index (χ1n) is 16.3. The lowest BCUT2D eigenvalue weighted by molar-refractivity contribution is -0.697. The van der Waals surface area contributed by atoms with Crippen LogP contribution in [-0.2, 0) is 13.0 Å². The summed E-state index contributed by atoms with van der Waals surface area (Å²) in [5, 5.41) is 0. The van der Waals surface area contributed by atoms with E-state index in [1.165, 1.54) is 179 Å². The maximum absolute atomic E-state index is 2.39. The van der Waals surface area contributed by atoms with Crippen LogP contribution in [0.4, 0.5) is 0 Å². The third-order valence-electron chi connectivity index (χ3n) is 7.80. The molecule has 0 radical (unpaired) electrons. The molecule has 35 heavy (non-hydrogen) atoms. The first-order chi connectivity index (χ1) is 17.4. The molecule has 1 aromatic heterocycles. The molecule has 0 bridgehead atoms. The summed E-state index contributed by atoms with van der Waals surface area (Å²) in [4.78, 5) is 0. The number of rotatable bonds is 27. The summed E-state index contributed by atoms with van der Waals surface area (Å²) >= 11 is 0. The van der Waals surface area contributed by atoms with Crippen LogP contribution < -0.4 is 4.57 Å². The molecule has 1 heterocycles. The second-order valence-electron chi connectivity index (χ2n) is 11.3. The van der Waals surface area contributed by atoms with E-state index in [1.807, 2.05) is 0 Å². The molecule has 204 valence electrons. The first-order valence-corrected chi connectivity index (χ1v) is 16.3. The fourth-order valence-corrected chi connectivity index (χ4v) is 5.29. The summed E-state index contributed by atoms with van der Waals surface area (Å²) in [7, 11) is 0. The van der Waals surface area contributed by atoms with Crippen LogP contribution in [0.25, 0.3) is 0 Å². The Kier molecular flexibility index (Phi) is 24.1. The van der Waals surface area contributed by atoms with Gasteiger partial charge in [-0.15, -0.1) is 0 Å². The molecule has 1 aromatic rings. The molecule has 0 atom stereocenters. The Hall–Kier alpha value is -0.850. The van der Waals surface area contributed by atoms with E-state index in [4.69, 9.17) is 0 Å². The van der Waals surface area contributed by atoms with Crippen LogP contribution in [0.3, 0.4) is 0 Å². The van der Waals surface area contributed by atoms with Gasteiger partial charge in [-0.05, 0) is 24.8 Å². The minimum atomic E-state index is 1.19. The van der Waals surface area contributed by atoms with Gasteiger partial charge in [-0.25, -0.2) is 4.57 Å². The van der Waals surface area contributed by atoms with Crippen LogP contribution in [0.2, 0.25) is 0 Å². The molecule has 0 unspecified atom stereocenters. The van der Waals surface area contributed by atoms with Crippen LogP contribution >= 0.6 is 0 Å². The zero-order valence-corrected chi connectivity index (χ0v) is 24.3. The number of nitrogens with zero attached hydrogens (tertiary/aromatic N) is 1. The van der Waals surface area contributed by atoms with Crippen molar-refractivity contribution in [1.29, 1.82) is 0 Å². The zero-order valence-electron chi connectivity index (χ0n) is 24.3. The van der Waals surface area contributed by atoms with E-state index in [9.17, 15) is 0 Å². The predicted octanol–water partition coefficient (Wildman–Crippen LogP) is 11.3. The molecular weight excluding hydrogens is 422 g/mol. The van der Waals surface area contributed by atoms with Gasteiger partial charge in [-0.2, -0.15) is 0 Å². The topological polar surface area (TPSA) is 3.88 Å². The molecule has 0 aromatic carbocycles. The average molecular weight is 487 g/mol. The molecule has 1 rings (SSSR count). The smallest absolute Gasteiger partial charge is 0.169 e. The molecule has 0 aliphatic carbocycles. The van der Waals surface area contributed by atoms with E-state index in [2.05, 4.69) is 42.9 Å². The van der Waals surface area contributed by atoms with Crippen LogP contribution in [0.15, 0.2) is 24.5 Å². The molecule has 0 N–H and O–H groups in total. The molecule has 1 heteroatoms. The molecule has 1 nitrogen and oxygen atoms in total. The SMILES string of the molecule is CCCCCCCCCCCCCCCCCCc1cc[n+](CCCCCCCCCCC)cc1. The lowest BCUT2D eigenvalue weighted by atomic mass is 10.0. The maximum Gasteiger partial charge on any atom is 0.169 e. The molecular formula is C34H64N+. The van der Waals surface area contributed by atoms with Gasteiger partial charge in [0.15, 0.2) is 12.4 Å². The second kappa shape index (κ2) is 26.2. The molecule has 0 saturated heterocycles. The Morgan fingerprint density at radius 3 is 1.09 bits per heavy atom. The van der Waals surface area contributed by atoms with Crippen molar-refractivity contribution in [2.45, 2.75) is 187 Å². The van der Waals surface area contributed by atoms with Crippen LogP contribution in [-0.4, -0.2) is 0 Å². The predicted molar refractivity (Wildman–Crippen MR) is 157 cm³/mol. The Morgan fingerprint density at radius 2 is 0.714 bits per heavy atom. The second-order valence-corrected chi connectivity index (χ2v) is 11.3. The monoisotopic (exact) mass is 487 g/mol. The van der Waals surface area contributed by atoms with Crippen molar-refractivity contribution in [3.8, 4) is 0 Å². The van der Waals surface area contributed by atoms with Crippen molar-refractivity contribution < 1.29 is 4.57 Å². The number of unbranched alkanes of at least 4 members (excludes halogenated alkanes) is 23. The van der Waals surface area contributed by atoms with Gasteiger partial charge < -0.3 is 0 Å². The standard InChI is InChI=1S/C34H64N/c1-3-5-7-9-11-13-14-15-16-17-18-19-20-22-24-26-28-34-29-32-35(33-30-34)31-27-25-23-21-12-10-8-6-4-2/h29-30,32-33H,3-28,31H2,1-2H3/q+1. The highest BCUT2D eigenvalue weighted by Gasteiger charge is 2.02. The Balaban J connectivity index is 1.84. The summed E-state index contributed by atoms with van der Waals surface area (Å²) in [6.07, 6.45) is 41.7. The van der Waals surface area contributed by atoms with Gasteiger partial charge >= 0.3 is 0 Å². The third kappa shape index (κ3) is 22.1. The fourth-order valence-electron chi connectivity index (χ4n) is 5.29.